The fourth-order valence-electron chi connectivity index (χ4n) is 8.04. The molecule has 9 rings (SSSR count). The second-order valence-electron chi connectivity index (χ2n) is 14.0. The number of allylic oxidation sites excluding steroid dienone is 9. The summed E-state index contributed by atoms with van der Waals surface area (Å²) in [6.07, 6.45) is 24.0. The van der Waals surface area contributed by atoms with Gasteiger partial charge in [-0.15, -0.1) is 5.73 Å². The van der Waals surface area contributed by atoms with Gasteiger partial charge in [0.05, 0.1) is 11.0 Å². The summed E-state index contributed by atoms with van der Waals surface area (Å²) in [5.74, 6) is 0. The molecule has 0 aliphatic heterocycles. The van der Waals surface area contributed by atoms with Crippen LogP contribution in [0.2, 0.25) is 0 Å². The molecule has 57 heavy (non-hydrogen) atoms. The summed E-state index contributed by atoms with van der Waals surface area (Å²) in [5.41, 5.74) is 16.4. The second kappa shape index (κ2) is 18.2. The van der Waals surface area contributed by atoms with Crippen LogP contribution in [0.25, 0.3) is 61.7 Å². The zero-order valence-electron chi connectivity index (χ0n) is 33.3. The van der Waals surface area contributed by atoms with E-state index in [1.165, 1.54) is 66.1 Å². The Hall–Kier alpha value is -6.86. The van der Waals surface area contributed by atoms with Gasteiger partial charge in [-0.2, -0.15) is 0 Å². The predicted octanol–water partition coefficient (Wildman–Crippen LogP) is 13.3. The lowest BCUT2D eigenvalue weighted by molar-refractivity contribution is 1.04. The van der Waals surface area contributed by atoms with E-state index in [0.717, 1.165) is 35.4 Å². The minimum Gasteiger partial charge on any atom is -0.362 e. The summed E-state index contributed by atoms with van der Waals surface area (Å²) >= 11 is 0. The Balaban J connectivity index is 0.000000245. The smallest absolute Gasteiger partial charge is 0.0585 e. The van der Waals surface area contributed by atoms with Crippen molar-refractivity contribution in [2.75, 3.05) is 5.32 Å². The maximum atomic E-state index is 3.74. The number of aryl methyl sites for hydroxylation is 1. The highest BCUT2D eigenvalue weighted by atomic mass is 15.0. The standard InChI is InChI=1S/C38H32N2.C15H12.C2H6/c1-27-25-34-32-17-9-8-16-29(32)26-35(34)38-37(27)33-18-10-11-19-36(33)40(38)31-22-20-30(21-23-31)39-24-12-3-2-5-13-28-14-6-4-7-15-28;1-3-7-12-10-11-13-8-5-6-9-15(13)14(12)4-2;1-2/h2-8,10-16,18-25,39H,9,17,26H2,1H3;3,5-11H,1-2H2;1-2H3/b3-2-,13-5-,24-12+;12-7-;. The van der Waals surface area contributed by atoms with E-state index in [4.69, 9.17) is 0 Å². The van der Waals surface area contributed by atoms with Gasteiger partial charge in [-0.1, -0.05) is 167 Å². The molecule has 2 nitrogen and oxygen atoms in total. The van der Waals surface area contributed by atoms with E-state index in [0.29, 0.717) is 0 Å². The summed E-state index contributed by atoms with van der Waals surface area (Å²) in [5, 5.41) is 10.7. The van der Waals surface area contributed by atoms with Gasteiger partial charge in [0.15, 0.2) is 0 Å². The van der Waals surface area contributed by atoms with Crippen LogP contribution in [-0.4, -0.2) is 4.57 Å². The van der Waals surface area contributed by atoms with E-state index in [1.54, 1.807) is 11.6 Å². The van der Waals surface area contributed by atoms with Crippen LogP contribution >= 0.6 is 0 Å². The van der Waals surface area contributed by atoms with Gasteiger partial charge in [-0.05, 0) is 106 Å². The highest BCUT2D eigenvalue weighted by Crippen LogP contribution is 2.46. The third-order valence-electron chi connectivity index (χ3n) is 10.5. The number of benzene rings is 6. The number of hydrogen-bond acceptors (Lipinski definition) is 1. The number of rotatable bonds is 7. The van der Waals surface area contributed by atoms with Crippen LogP contribution < -0.4 is 15.8 Å². The van der Waals surface area contributed by atoms with Crippen molar-refractivity contribution >= 4 is 61.7 Å². The summed E-state index contributed by atoms with van der Waals surface area (Å²) in [6, 6.07) is 42.8. The van der Waals surface area contributed by atoms with Crippen molar-refractivity contribution in [3.63, 3.8) is 0 Å². The Labute approximate surface area is 337 Å². The zero-order valence-corrected chi connectivity index (χ0v) is 33.3. The molecule has 0 saturated carbocycles. The highest BCUT2D eigenvalue weighted by Gasteiger charge is 2.27. The molecular formula is C55H50N2. The van der Waals surface area contributed by atoms with Gasteiger partial charge in [-0.25, -0.2) is 0 Å². The van der Waals surface area contributed by atoms with Crippen molar-refractivity contribution in [2.24, 2.45) is 0 Å². The Morgan fingerprint density at radius 3 is 2.30 bits per heavy atom. The van der Waals surface area contributed by atoms with Crippen LogP contribution in [0, 0.1) is 6.92 Å². The third-order valence-corrected chi connectivity index (χ3v) is 10.5. The Morgan fingerprint density at radius 1 is 0.772 bits per heavy atom. The van der Waals surface area contributed by atoms with E-state index < -0.39 is 0 Å². The number of nitrogens with zero attached hydrogens (tertiary/aromatic N) is 1. The molecule has 1 aromatic heterocycles. The number of nitrogens with one attached hydrogen (secondary N) is 1. The molecule has 7 aromatic rings. The molecule has 0 fully saturated rings. The molecular weight excluding hydrogens is 689 g/mol. The highest BCUT2D eigenvalue weighted by molar-refractivity contribution is 6.13. The molecule has 0 saturated heterocycles. The molecule has 2 heteroatoms. The SMILES string of the molecule is C=C=c1/c(=C\C=C)ccc2ccccc12.CC.Cc1cc2c(c3c1c1ccccc1n3-c1ccc(N/C=C/C=C\C=C/c3ccccc3)cc1)CC1=C2CCC=C1. The van der Waals surface area contributed by atoms with Crippen molar-refractivity contribution in [3.05, 3.63) is 221 Å². The molecule has 2 aliphatic carbocycles. The molecule has 1 heterocycles. The van der Waals surface area contributed by atoms with Crippen LogP contribution in [0.1, 0.15) is 48.9 Å². The first kappa shape index (κ1) is 38.4. The molecule has 0 spiro atoms. The summed E-state index contributed by atoms with van der Waals surface area (Å²) in [4.78, 5) is 0. The number of fused-ring (bicyclic) bond motifs is 7. The Morgan fingerprint density at radius 2 is 1.51 bits per heavy atom. The molecule has 6 aromatic carbocycles. The van der Waals surface area contributed by atoms with Gasteiger partial charge >= 0.3 is 0 Å². The number of aromatic nitrogens is 1. The summed E-state index contributed by atoms with van der Waals surface area (Å²) < 4.78 is 2.49. The molecule has 0 bridgehead atoms. The topological polar surface area (TPSA) is 17.0 Å². The van der Waals surface area contributed by atoms with Gasteiger partial charge < -0.3 is 9.88 Å². The van der Waals surface area contributed by atoms with E-state index in [9.17, 15) is 0 Å². The minimum absolute atomic E-state index is 1.02. The maximum absolute atomic E-state index is 3.74. The first-order valence-corrected chi connectivity index (χ1v) is 20.0. The lowest BCUT2D eigenvalue weighted by atomic mass is 9.94. The molecule has 0 radical (unpaired) electrons. The largest absolute Gasteiger partial charge is 0.362 e. The van der Waals surface area contributed by atoms with Crippen LogP contribution in [0.4, 0.5) is 5.69 Å². The molecule has 2 aliphatic rings. The number of hydrogen-bond donors (Lipinski definition) is 1. The van der Waals surface area contributed by atoms with Crippen molar-refractivity contribution in [1.29, 1.82) is 0 Å². The first-order chi connectivity index (χ1) is 28.1. The maximum Gasteiger partial charge on any atom is 0.0585 e. The normalized spacial score (nSPS) is 13.5. The van der Waals surface area contributed by atoms with Crippen molar-refractivity contribution in [1.82, 2.24) is 4.57 Å². The fourth-order valence-corrected chi connectivity index (χ4v) is 8.04. The fraction of sp³-hybridized carbons (Fsp3) is 0.109. The average Bonchev–Trinajstić information content (AvgIpc) is 3.81. The lowest BCUT2D eigenvalue weighted by Gasteiger charge is -2.14. The van der Waals surface area contributed by atoms with E-state index >= 15 is 0 Å². The van der Waals surface area contributed by atoms with Gasteiger partial charge in [-0.3, -0.25) is 0 Å². The predicted molar refractivity (Wildman–Crippen MR) is 250 cm³/mol. The molecule has 0 unspecified atom stereocenters. The third kappa shape index (κ3) is 8.10. The minimum atomic E-state index is 1.02. The van der Waals surface area contributed by atoms with Crippen LogP contribution in [0.15, 0.2) is 189 Å². The molecule has 0 amide bonds. The van der Waals surface area contributed by atoms with Crippen molar-refractivity contribution < 1.29 is 0 Å². The summed E-state index contributed by atoms with van der Waals surface area (Å²) in [7, 11) is 0. The van der Waals surface area contributed by atoms with Crippen LogP contribution in [0.5, 0.6) is 0 Å². The van der Waals surface area contributed by atoms with E-state index in [-0.39, 0.29) is 0 Å². The monoisotopic (exact) mass is 738 g/mol. The van der Waals surface area contributed by atoms with Crippen molar-refractivity contribution in [2.45, 2.75) is 40.0 Å². The number of anilines is 1. The lowest BCUT2D eigenvalue weighted by Crippen LogP contribution is -2.23. The van der Waals surface area contributed by atoms with Gasteiger partial charge in [0.25, 0.3) is 0 Å². The van der Waals surface area contributed by atoms with E-state index in [1.807, 2.05) is 62.6 Å². The summed E-state index contributed by atoms with van der Waals surface area (Å²) in [6.45, 7) is 13.7. The average molecular weight is 739 g/mol. The van der Waals surface area contributed by atoms with Crippen molar-refractivity contribution in [3.8, 4) is 5.69 Å². The Kier molecular flexibility index (Phi) is 12.3. The van der Waals surface area contributed by atoms with Gasteiger partial charge in [0, 0.05) is 40.0 Å². The second-order valence-corrected chi connectivity index (χ2v) is 14.0. The van der Waals surface area contributed by atoms with Crippen LogP contribution in [0.3, 0.4) is 0 Å². The van der Waals surface area contributed by atoms with Gasteiger partial charge in [0.1, 0.15) is 0 Å². The number of para-hydroxylation sites is 1. The zero-order chi connectivity index (χ0) is 39.6. The first-order valence-electron chi connectivity index (χ1n) is 20.0. The van der Waals surface area contributed by atoms with Gasteiger partial charge in [0.2, 0.25) is 0 Å². The van der Waals surface area contributed by atoms with Crippen LogP contribution in [-0.2, 0) is 6.42 Å². The van der Waals surface area contributed by atoms with E-state index in [2.05, 4.69) is 163 Å². The molecule has 280 valence electrons. The quantitative estimate of drug-likeness (QED) is 0.161. The molecule has 0 atom stereocenters. The Bertz CT molecular complexity index is 2870. The molecule has 1 N–H and O–H groups in total.